The van der Waals surface area contributed by atoms with Crippen LogP contribution in [-0.4, -0.2) is 22.1 Å². The van der Waals surface area contributed by atoms with E-state index >= 15 is 0 Å². The third-order valence-corrected chi connectivity index (χ3v) is 5.00. The highest BCUT2D eigenvalue weighted by Crippen LogP contribution is 2.20. The van der Waals surface area contributed by atoms with E-state index in [1.54, 1.807) is 12.1 Å². The predicted molar refractivity (Wildman–Crippen MR) is 116 cm³/mol. The van der Waals surface area contributed by atoms with Crippen LogP contribution in [0.5, 0.6) is 5.75 Å². The van der Waals surface area contributed by atoms with Gasteiger partial charge in [0.2, 0.25) is 0 Å². The molecule has 0 saturated carbocycles. The van der Waals surface area contributed by atoms with Crippen molar-refractivity contribution in [1.82, 2.24) is 14.9 Å². The minimum absolute atomic E-state index is 0.253. The fourth-order valence-corrected chi connectivity index (χ4v) is 3.53. The number of rotatable bonds is 8. The van der Waals surface area contributed by atoms with Crippen LogP contribution in [0.2, 0.25) is 0 Å². The van der Waals surface area contributed by atoms with Gasteiger partial charge in [0.15, 0.2) is 5.76 Å². The molecule has 2 aromatic heterocycles. The Balaban J connectivity index is 1.43. The fourth-order valence-electron chi connectivity index (χ4n) is 3.53. The third kappa shape index (κ3) is 4.38. The van der Waals surface area contributed by atoms with Gasteiger partial charge in [-0.1, -0.05) is 29.8 Å². The third-order valence-electron chi connectivity index (χ3n) is 5.00. The molecular weight excluding hydrogens is 378 g/mol. The number of carbonyl (C=O) groups is 1. The average molecular weight is 403 g/mol. The SMILES string of the molecule is Cc1ccc(OCCCn2c(CNC(=O)c3ccco3)nc3ccccc32)c(C)c1. The van der Waals surface area contributed by atoms with Gasteiger partial charge in [-0.25, -0.2) is 4.98 Å². The molecule has 0 unspecified atom stereocenters. The first kappa shape index (κ1) is 19.8. The molecule has 2 aromatic carbocycles. The molecule has 6 heteroatoms. The molecule has 0 aliphatic carbocycles. The van der Waals surface area contributed by atoms with Gasteiger partial charge in [-0.2, -0.15) is 0 Å². The standard InChI is InChI=1S/C24H25N3O3/c1-17-10-11-21(18(2)15-17)29-14-6-12-27-20-8-4-3-7-19(20)26-23(27)16-25-24(28)22-9-5-13-30-22/h3-5,7-11,13,15H,6,12,14,16H2,1-2H3,(H,25,28). The van der Waals surface area contributed by atoms with Gasteiger partial charge in [-0.3, -0.25) is 4.79 Å². The van der Waals surface area contributed by atoms with Crippen LogP contribution >= 0.6 is 0 Å². The van der Waals surface area contributed by atoms with Crippen molar-refractivity contribution in [2.45, 2.75) is 33.4 Å². The number of nitrogens with one attached hydrogen (secondary N) is 1. The molecule has 4 rings (SSSR count). The van der Waals surface area contributed by atoms with Crippen molar-refractivity contribution in [3.8, 4) is 5.75 Å². The lowest BCUT2D eigenvalue weighted by atomic mass is 10.1. The lowest BCUT2D eigenvalue weighted by molar-refractivity contribution is 0.0921. The number of para-hydroxylation sites is 2. The molecule has 1 amide bonds. The lowest BCUT2D eigenvalue weighted by Gasteiger charge is -2.12. The Morgan fingerprint density at radius 2 is 2.00 bits per heavy atom. The van der Waals surface area contributed by atoms with E-state index in [-0.39, 0.29) is 5.91 Å². The zero-order chi connectivity index (χ0) is 20.9. The number of hydrogen-bond donors (Lipinski definition) is 1. The van der Waals surface area contributed by atoms with Crippen molar-refractivity contribution in [2.24, 2.45) is 0 Å². The molecule has 0 aliphatic rings. The van der Waals surface area contributed by atoms with Crippen LogP contribution < -0.4 is 10.1 Å². The molecule has 0 radical (unpaired) electrons. The average Bonchev–Trinajstić information content (AvgIpc) is 3.39. The predicted octanol–water partition coefficient (Wildman–Crippen LogP) is 4.65. The molecule has 0 spiro atoms. The van der Waals surface area contributed by atoms with E-state index in [2.05, 4.69) is 35.9 Å². The molecule has 2 heterocycles. The van der Waals surface area contributed by atoms with E-state index < -0.39 is 0 Å². The molecule has 0 aliphatic heterocycles. The number of furan rings is 1. The summed E-state index contributed by atoms with van der Waals surface area (Å²) in [5.74, 6) is 1.76. The zero-order valence-corrected chi connectivity index (χ0v) is 17.2. The Hall–Kier alpha value is -3.54. The number of carbonyl (C=O) groups excluding carboxylic acids is 1. The second-order valence-electron chi connectivity index (χ2n) is 7.30. The summed E-state index contributed by atoms with van der Waals surface area (Å²) in [6.45, 7) is 5.82. The van der Waals surface area contributed by atoms with Crippen LogP contribution in [0.3, 0.4) is 0 Å². The number of imidazole rings is 1. The summed E-state index contributed by atoms with van der Waals surface area (Å²) in [5.41, 5.74) is 4.33. The maximum atomic E-state index is 12.2. The minimum Gasteiger partial charge on any atom is -0.493 e. The quantitative estimate of drug-likeness (QED) is 0.435. The van der Waals surface area contributed by atoms with Crippen LogP contribution in [0, 0.1) is 13.8 Å². The van der Waals surface area contributed by atoms with E-state index in [9.17, 15) is 4.79 Å². The topological polar surface area (TPSA) is 69.3 Å². The maximum absolute atomic E-state index is 12.2. The number of fused-ring (bicyclic) bond motifs is 1. The largest absolute Gasteiger partial charge is 0.493 e. The molecule has 0 saturated heterocycles. The van der Waals surface area contributed by atoms with Gasteiger partial charge < -0.3 is 19.0 Å². The van der Waals surface area contributed by atoms with Crippen molar-refractivity contribution in [3.05, 3.63) is 83.6 Å². The number of benzene rings is 2. The van der Waals surface area contributed by atoms with E-state index in [1.807, 2.05) is 30.3 Å². The van der Waals surface area contributed by atoms with Crippen molar-refractivity contribution in [1.29, 1.82) is 0 Å². The maximum Gasteiger partial charge on any atom is 0.287 e. The summed E-state index contributed by atoms with van der Waals surface area (Å²) in [6.07, 6.45) is 2.31. The van der Waals surface area contributed by atoms with Crippen molar-refractivity contribution < 1.29 is 13.9 Å². The Kier molecular flexibility index (Phi) is 5.84. The molecule has 154 valence electrons. The smallest absolute Gasteiger partial charge is 0.287 e. The van der Waals surface area contributed by atoms with Crippen LogP contribution in [0.4, 0.5) is 0 Å². The van der Waals surface area contributed by atoms with Crippen molar-refractivity contribution in [2.75, 3.05) is 6.61 Å². The summed E-state index contributed by atoms with van der Waals surface area (Å²) < 4.78 is 13.3. The monoisotopic (exact) mass is 403 g/mol. The number of ether oxygens (including phenoxy) is 1. The Morgan fingerprint density at radius 1 is 1.13 bits per heavy atom. The summed E-state index contributed by atoms with van der Waals surface area (Å²) in [4.78, 5) is 16.9. The number of nitrogens with zero attached hydrogens (tertiary/aromatic N) is 2. The second kappa shape index (κ2) is 8.86. The summed E-state index contributed by atoms with van der Waals surface area (Å²) >= 11 is 0. The minimum atomic E-state index is -0.253. The van der Waals surface area contributed by atoms with Crippen LogP contribution in [-0.2, 0) is 13.1 Å². The Labute approximate surface area is 175 Å². The number of amides is 1. The van der Waals surface area contributed by atoms with Crippen LogP contribution in [0.25, 0.3) is 11.0 Å². The first-order chi connectivity index (χ1) is 14.6. The van der Waals surface area contributed by atoms with Gasteiger partial charge in [0, 0.05) is 6.54 Å². The highest BCUT2D eigenvalue weighted by Gasteiger charge is 2.13. The van der Waals surface area contributed by atoms with E-state index in [0.29, 0.717) is 18.9 Å². The zero-order valence-electron chi connectivity index (χ0n) is 17.2. The van der Waals surface area contributed by atoms with Gasteiger partial charge in [0.05, 0.1) is 30.4 Å². The van der Waals surface area contributed by atoms with Gasteiger partial charge in [0.25, 0.3) is 5.91 Å². The number of aromatic nitrogens is 2. The Bertz CT molecular complexity index is 1150. The highest BCUT2D eigenvalue weighted by atomic mass is 16.5. The van der Waals surface area contributed by atoms with Gasteiger partial charge in [-0.05, 0) is 56.2 Å². The normalized spacial score (nSPS) is 11.0. The number of aryl methyl sites for hydroxylation is 3. The lowest BCUT2D eigenvalue weighted by Crippen LogP contribution is -2.24. The molecule has 0 fully saturated rings. The first-order valence-electron chi connectivity index (χ1n) is 10.1. The fraction of sp³-hybridized carbons (Fsp3) is 0.250. The van der Waals surface area contributed by atoms with E-state index in [0.717, 1.165) is 41.1 Å². The van der Waals surface area contributed by atoms with E-state index in [1.165, 1.54) is 11.8 Å². The molecule has 0 atom stereocenters. The van der Waals surface area contributed by atoms with E-state index in [4.69, 9.17) is 14.1 Å². The van der Waals surface area contributed by atoms with Gasteiger partial charge in [-0.15, -0.1) is 0 Å². The second-order valence-corrected chi connectivity index (χ2v) is 7.30. The number of hydrogen-bond acceptors (Lipinski definition) is 4. The molecule has 30 heavy (non-hydrogen) atoms. The summed E-state index contributed by atoms with van der Waals surface area (Å²) in [7, 11) is 0. The summed E-state index contributed by atoms with van der Waals surface area (Å²) in [5, 5.41) is 2.88. The molecular formula is C24H25N3O3. The molecule has 4 aromatic rings. The first-order valence-corrected chi connectivity index (χ1v) is 10.1. The Morgan fingerprint density at radius 3 is 2.80 bits per heavy atom. The molecule has 0 bridgehead atoms. The summed E-state index contributed by atoms with van der Waals surface area (Å²) in [6, 6.07) is 17.5. The van der Waals surface area contributed by atoms with Crippen molar-refractivity contribution >= 4 is 16.9 Å². The molecule has 6 nitrogen and oxygen atoms in total. The van der Waals surface area contributed by atoms with Crippen LogP contribution in [0.15, 0.2) is 65.3 Å². The van der Waals surface area contributed by atoms with Crippen molar-refractivity contribution in [3.63, 3.8) is 0 Å². The molecule has 1 N–H and O–H groups in total. The highest BCUT2D eigenvalue weighted by molar-refractivity contribution is 5.91. The van der Waals surface area contributed by atoms with Gasteiger partial charge in [0.1, 0.15) is 11.6 Å². The van der Waals surface area contributed by atoms with Gasteiger partial charge >= 0.3 is 0 Å². The van der Waals surface area contributed by atoms with Crippen LogP contribution in [0.1, 0.15) is 33.9 Å².